The summed E-state index contributed by atoms with van der Waals surface area (Å²) in [6.07, 6.45) is 5.42. The van der Waals surface area contributed by atoms with Crippen LogP contribution < -0.4 is 0 Å². The van der Waals surface area contributed by atoms with Crippen molar-refractivity contribution >= 4 is 31.9 Å². The van der Waals surface area contributed by atoms with Crippen molar-refractivity contribution in [2.45, 2.75) is 13.3 Å². The first-order valence-electron chi connectivity index (χ1n) is 2.92. The van der Waals surface area contributed by atoms with Crippen LogP contribution in [0.2, 0.25) is 0 Å². The third kappa shape index (κ3) is 1.94. The van der Waals surface area contributed by atoms with Gasteiger partial charge in [0.05, 0.1) is 0 Å². The van der Waals surface area contributed by atoms with E-state index in [-0.39, 0.29) is 0 Å². The van der Waals surface area contributed by atoms with Crippen LogP contribution in [0.3, 0.4) is 0 Å². The summed E-state index contributed by atoms with van der Waals surface area (Å²) in [6.45, 7) is 2.21. The zero-order valence-corrected chi connectivity index (χ0v) is 8.37. The first kappa shape index (κ1) is 7.55. The molecule has 0 saturated heterocycles. The summed E-state index contributed by atoms with van der Waals surface area (Å²) < 4.78 is 2.46. The molecule has 0 N–H and O–H groups in total. The van der Waals surface area contributed by atoms with Crippen molar-refractivity contribution in [3.8, 4) is 0 Å². The molecular weight excluding hydrogens is 244 g/mol. The smallest absolute Gasteiger partial charge is 0.0273 e. The van der Waals surface area contributed by atoms with Gasteiger partial charge in [-0.2, -0.15) is 0 Å². The third-order valence-electron chi connectivity index (χ3n) is 1.33. The summed E-state index contributed by atoms with van der Waals surface area (Å²) in [5.74, 6) is 0.681. The van der Waals surface area contributed by atoms with Crippen molar-refractivity contribution in [1.29, 1.82) is 0 Å². The van der Waals surface area contributed by atoms with Crippen molar-refractivity contribution in [2.24, 2.45) is 5.92 Å². The summed E-state index contributed by atoms with van der Waals surface area (Å²) in [5, 5.41) is 0. The SMILES string of the molecule is CC1C=CC(Br)=C(Br)C1. The summed E-state index contributed by atoms with van der Waals surface area (Å²) in [7, 11) is 0. The third-order valence-corrected chi connectivity index (χ3v) is 3.36. The normalized spacial score (nSPS) is 27.2. The van der Waals surface area contributed by atoms with Crippen LogP contribution in [0.15, 0.2) is 21.1 Å². The molecule has 0 aromatic heterocycles. The Kier molecular flexibility index (Phi) is 2.53. The van der Waals surface area contributed by atoms with Crippen LogP contribution in [-0.4, -0.2) is 0 Å². The molecule has 1 aliphatic rings. The van der Waals surface area contributed by atoms with Crippen LogP contribution in [0.1, 0.15) is 13.3 Å². The highest BCUT2D eigenvalue weighted by Crippen LogP contribution is 2.30. The average Bonchev–Trinajstić information content (AvgIpc) is 1.80. The Labute approximate surface area is 72.3 Å². The van der Waals surface area contributed by atoms with Gasteiger partial charge in [0.15, 0.2) is 0 Å². The molecule has 2 heteroatoms. The number of hydrogen-bond acceptors (Lipinski definition) is 0. The molecule has 0 amide bonds. The van der Waals surface area contributed by atoms with Gasteiger partial charge in [0, 0.05) is 8.96 Å². The van der Waals surface area contributed by atoms with Gasteiger partial charge in [0.25, 0.3) is 0 Å². The second kappa shape index (κ2) is 3.02. The van der Waals surface area contributed by atoms with Crippen molar-refractivity contribution in [3.63, 3.8) is 0 Å². The van der Waals surface area contributed by atoms with E-state index in [4.69, 9.17) is 0 Å². The van der Waals surface area contributed by atoms with Crippen LogP contribution in [-0.2, 0) is 0 Å². The van der Waals surface area contributed by atoms with Gasteiger partial charge in [-0.3, -0.25) is 0 Å². The van der Waals surface area contributed by atoms with Gasteiger partial charge in [-0.05, 0) is 28.3 Å². The van der Waals surface area contributed by atoms with E-state index in [1.165, 1.54) is 8.96 Å². The summed E-state index contributed by atoms with van der Waals surface area (Å²) >= 11 is 6.90. The lowest BCUT2D eigenvalue weighted by molar-refractivity contribution is 0.730. The average molecular weight is 252 g/mol. The van der Waals surface area contributed by atoms with Gasteiger partial charge in [-0.25, -0.2) is 0 Å². The zero-order valence-electron chi connectivity index (χ0n) is 5.20. The van der Waals surface area contributed by atoms with Gasteiger partial charge in [0.1, 0.15) is 0 Å². The molecular formula is C7H8Br2. The van der Waals surface area contributed by atoms with Gasteiger partial charge >= 0.3 is 0 Å². The Bertz CT molecular complexity index is 168. The first-order valence-corrected chi connectivity index (χ1v) is 4.51. The number of rotatable bonds is 0. The van der Waals surface area contributed by atoms with Gasteiger partial charge in [-0.1, -0.05) is 35.0 Å². The quantitative estimate of drug-likeness (QED) is 0.618. The Morgan fingerprint density at radius 1 is 1.56 bits per heavy atom. The molecule has 0 aliphatic heterocycles. The molecule has 1 rings (SSSR count). The Balaban J connectivity index is 2.75. The lowest BCUT2D eigenvalue weighted by atomic mass is 10.0. The number of allylic oxidation sites excluding steroid dienone is 4. The molecule has 0 saturated carbocycles. The first-order chi connectivity index (χ1) is 4.20. The van der Waals surface area contributed by atoms with Crippen molar-refractivity contribution in [2.75, 3.05) is 0 Å². The maximum Gasteiger partial charge on any atom is 0.0273 e. The van der Waals surface area contributed by atoms with E-state index in [9.17, 15) is 0 Å². The largest absolute Gasteiger partial charge is 0.0802 e. The fourth-order valence-corrected chi connectivity index (χ4v) is 1.74. The van der Waals surface area contributed by atoms with Gasteiger partial charge in [0.2, 0.25) is 0 Å². The fourth-order valence-electron chi connectivity index (χ4n) is 0.787. The maximum absolute atomic E-state index is 3.48. The highest BCUT2D eigenvalue weighted by atomic mass is 79.9. The Hall–Kier alpha value is 0.440. The number of hydrogen-bond donors (Lipinski definition) is 0. The molecule has 0 spiro atoms. The minimum atomic E-state index is 0.681. The van der Waals surface area contributed by atoms with Crippen LogP contribution in [0.5, 0.6) is 0 Å². The highest BCUT2D eigenvalue weighted by Gasteiger charge is 2.07. The summed E-state index contributed by atoms with van der Waals surface area (Å²) in [5.41, 5.74) is 0. The van der Waals surface area contributed by atoms with E-state index >= 15 is 0 Å². The van der Waals surface area contributed by atoms with Crippen LogP contribution >= 0.6 is 31.9 Å². The van der Waals surface area contributed by atoms with Crippen molar-refractivity contribution in [3.05, 3.63) is 21.1 Å². The second-order valence-corrected chi connectivity index (χ2v) is 4.10. The van der Waals surface area contributed by atoms with Crippen molar-refractivity contribution < 1.29 is 0 Å². The van der Waals surface area contributed by atoms with Gasteiger partial charge in [-0.15, -0.1) is 0 Å². The molecule has 1 aliphatic carbocycles. The van der Waals surface area contributed by atoms with Crippen LogP contribution in [0.25, 0.3) is 0 Å². The van der Waals surface area contributed by atoms with Gasteiger partial charge < -0.3 is 0 Å². The lowest BCUT2D eigenvalue weighted by Gasteiger charge is -2.10. The van der Waals surface area contributed by atoms with E-state index in [1.807, 2.05) is 0 Å². The van der Waals surface area contributed by atoms with E-state index < -0.39 is 0 Å². The minimum absolute atomic E-state index is 0.681. The van der Waals surface area contributed by atoms with Crippen LogP contribution in [0.4, 0.5) is 0 Å². The molecule has 0 nitrogen and oxygen atoms in total. The molecule has 9 heavy (non-hydrogen) atoms. The van der Waals surface area contributed by atoms with E-state index in [2.05, 4.69) is 50.9 Å². The molecule has 0 bridgehead atoms. The van der Waals surface area contributed by atoms with Crippen molar-refractivity contribution in [1.82, 2.24) is 0 Å². The molecule has 1 unspecified atom stereocenters. The molecule has 0 aromatic carbocycles. The molecule has 0 radical (unpaired) electrons. The predicted octanol–water partition coefficient (Wildman–Crippen LogP) is 3.58. The predicted molar refractivity (Wildman–Crippen MR) is 47.8 cm³/mol. The molecule has 50 valence electrons. The van der Waals surface area contributed by atoms with E-state index in [1.54, 1.807) is 0 Å². The monoisotopic (exact) mass is 250 g/mol. The highest BCUT2D eigenvalue weighted by molar-refractivity contribution is 9.14. The fraction of sp³-hybridized carbons (Fsp3) is 0.429. The standard InChI is InChI=1S/C7H8Br2/c1-5-2-3-6(8)7(9)4-5/h2-3,5H,4H2,1H3. The molecule has 0 fully saturated rings. The topological polar surface area (TPSA) is 0 Å². The molecule has 1 atom stereocenters. The van der Waals surface area contributed by atoms with Crippen LogP contribution in [0, 0.1) is 5.92 Å². The Morgan fingerprint density at radius 2 is 2.22 bits per heavy atom. The minimum Gasteiger partial charge on any atom is -0.0802 e. The number of halogens is 2. The zero-order chi connectivity index (χ0) is 6.85. The van der Waals surface area contributed by atoms with E-state index in [0.717, 1.165) is 6.42 Å². The lowest BCUT2D eigenvalue weighted by Crippen LogP contribution is -1.94. The summed E-state index contributed by atoms with van der Waals surface area (Å²) in [6, 6.07) is 0. The molecule has 0 aromatic rings. The maximum atomic E-state index is 3.48. The molecule has 0 heterocycles. The second-order valence-electron chi connectivity index (χ2n) is 2.29. The Morgan fingerprint density at radius 3 is 2.67 bits per heavy atom. The summed E-state index contributed by atoms with van der Waals surface area (Å²) in [4.78, 5) is 0. The van der Waals surface area contributed by atoms with E-state index in [0.29, 0.717) is 5.92 Å².